The largest absolute Gasteiger partial charge is 1.00 e. The van der Waals surface area contributed by atoms with Gasteiger partial charge in [-0.2, -0.15) is 0 Å². The van der Waals surface area contributed by atoms with Crippen molar-refractivity contribution in [2.24, 2.45) is 0 Å². The summed E-state index contributed by atoms with van der Waals surface area (Å²) < 4.78 is 32.9. The number of aliphatic hydroxyl groups is 1. The summed E-state index contributed by atoms with van der Waals surface area (Å²) in [4.78, 5) is 0. The first kappa shape index (κ1) is 26.7. The third-order valence-corrected chi connectivity index (χ3v) is 5.70. The second-order valence-electron chi connectivity index (χ2n) is 6.37. The Bertz CT molecular complexity index is 347. The molecule has 4 nitrogen and oxygen atoms in total. The van der Waals surface area contributed by atoms with Crippen LogP contribution >= 0.6 is 0 Å². The molecule has 0 rings (SSSR count). The van der Waals surface area contributed by atoms with Gasteiger partial charge in [-0.15, -0.1) is 0 Å². The Kier molecular flexibility index (Phi) is 19.7. The zero-order chi connectivity index (χ0) is 16.8. The summed E-state index contributed by atoms with van der Waals surface area (Å²) in [6.07, 6.45) is 12.3. The molecule has 0 aliphatic carbocycles. The van der Waals surface area contributed by atoms with Gasteiger partial charge in [0.2, 0.25) is 0 Å². The van der Waals surface area contributed by atoms with Crippen LogP contribution in [0.4, 0.5) is 0 Å². The van der Waals surface area contributed by atoms with Crippen LogP contribution in [-0.4, -0.2) is 29.4 Å². The average Bonchev–Trinajstić information content (AvgIpc) is 2.45. The summed E-state index contributed by atoms with van der Waals surface area (Å²) >= 11 is 0. The van der Waals surface area contributed by atoms with Crippen LogP contribution in [0.2, 0.25) is 0 Å². The molecule has 134 valence electrons. The van der Waals surface area contributed by atoms with Gasteiger partial charge < -0.3 is 9.66 Å². The molecule has 0 saturated heterocycles. The number of aliphatic hydroxyl groups excluding tert-OH is 1. The monoisotopic (exact) mass is 374 g/mol. The minimum atomic E-state index is -4.14. The number of rotatable bonds is 15. The Balaban J connectivity index is 0. The van der Waals surface area contributed by atoms with Gasteiger partial charge in [-0.1, -0.05) is 71.6 Å². The van der Waals surface area contributed by atoms with Crippen LogP contribution in [0.1, 0.15) is 97.3 Å². The van der Waals surface area contributed by atoms with Crippen LogP contribution < -0.4 is 51.4 Å². The van der Waals surface area contributed by atoms with Crippen LogP contribution in [-0.2, 0) is 10.1 Å². The predicted octanol–water partition coefficient (Wildman–Crippen LogP) is 1.38. The standard InChI is InChI=1S/C17H36O4S.K/c1-3-5-6-7-8-10-13-16(18)14-11-9-12-15-17(4-2)22(19,20)21;/h16-18H,3-15H2,1-2H3,(H,19,20,21);/q;+1/p-1. The van der Waals surface area contributed by atoms with Crippen LogP contribution in [0.15, 0.2) is 0 Å². The van der Waals surface area contributed by atoms with E-state index in [1.165, 1.54) is 32.1 Å². The maximum Gasteiger partial charge on any atom is 1.00 e. The molecule has 1 N–H and O–H groups in total. The van der Waals surface area contributed by atoms with Crippen molar-refractivity contribution < 1.29 is 69.5 Å². The fourth-order valence-corrected chi connectivity index (χ4v) is 3.65. The Morgan fingerprint density at radius 1 is 0.826 bits per heavy atom. The van der Waals surface area contributed by atoms with Gasteiger partial charge in [0.1, 0.15) is 0 Å². The van der Waals surface area contributed by atoms with E-state index in [0.717, 1.165) is 38.5 Å². The SMILES string of the molecule is CCCCCCCCC(O)CCCCCC(CC)S(=O)(=O)[O-].[K+]. The van der Waals surface area contributed by atoms with Gasteiger partial charge in [-0.3, -0.25) is 0 Å². The molecule has 0 spiro atoms. The van der Waals surface area contributed by atoms with E-state index in [9.17, 15) is 18.1 Å². The summed E-state index contributed by atoms with van der Waals surface area (Å²) in [5, 5.41) is 9.15. The van der Waals surface area contributed by atoms with E-state index in [-0.39, 0.29) is 57.5 Å². The Morgan fingerprint density at radius 2 is 1.26 bits per heavy atom. The van der Waals surface area contributed by atoms with Crippen LogP contribution in [0.5, 0.6) is 0 Å². The van der Waals surface area contributed by atoms with Crippen molar-refractivity contribution in [1.82, 2.24) is 0 Å². The van der Waals surface area contributed by atoms with Gasteiger partial charge in [0, 0.05) is 5.25 Å². The molecule has 0 amide bonds. The molecule has 2 unspecified atom stereocenters. The van der Waals surface area contributed by atoms with E-state index in [1.54, 1.807) is 6.92 Å². The molecule has 6 heteroatoms. The van der Waals surface area contributed by atoms with Crippen LogP contribution in [0.25, 0.3) is 0 Å². The van der Waals surface area contributed by atoms with Gasteiger partial charge in [0.05, 0.1) is 16.2 Å². The van der Waals surface area contributed by atoms with E-state index in [2.05, 4.69) is 6.92 Å². The molecule has 0 fully saturated rings. The van der Waals surface area contributed by atoms with E-state index < -0.39 is 15.4 Å². The van der Waals surface area contributed by atoms with Crippen LogP contribution in [0.3, 0.4) is 0 Å². The average molecular weight is 375 g/mol. The summed E-state index contributed by atoms with van der Waals surface area (Å²) in [5.41, 5.74) is 0. The van der Waals surface area contributed by atoms with Gasteiger partial charge >= 0.3 is 51.4 Å². The van der Waals surface area contributed by atoms with Crippen molar-refractivity contribution in [3.05, 3.63) is 0 Å². The molecule has 0 aliphatic heterocycles. The first-order chi connectivity index (χ1) is 10.4. The number of hydrogen-bond acceptors (Lipinski definition) is 4. The van der Waals surface area contributed by atoms with Crippen molar-refractivity contribution in [1.29, 1.82) is 0 Å². The maximum absolute atomic E-state index is 11.0. The molecule has 0 radical (unpaired) electrons. The molecule has 0 aromatic rings. The summed E-state index contributed by atoms with van der Waals surface area (Å²) in [5.74, 6) is 0. The minimum Gasteiger partial charge on any atom is -0.748 e. The Hall–Kier alpha value is 1.51. The minimum absolute atomic E-state index is 0. The van der Waals surface area contributed by atoms with E-state index in [4.69, 9.17) is 0 Å². The molecule has 23 heavy (non-hydrogen) atoms. The quantitative estimate of drug-likeness (QED) is 0.267. The van der Waals surface area contributed by atoms with E-state index in [1.807, 2.05) is 0 Å². The molecular weight excluding hydrogens is 339 g/mol. The van der Waals surface area contributed by atoms with Gasteiger partial charge in [0.25, 0.3) is 0 Å². The Labute approximate surface area is 186 Å². The second kappa shape index (κ2) is 16.9. The third-order valence-electron chi connectivity index (χ3n) is 4.32. The number of hydrogen-bond donors (Lipinski definition) is 1. The molecule has 0 aromatic heterocycles. The van der Waals surface area contributed by atoms with Gasteiger partial charge in [0.15, 0.2) is 0 Å². The fourth-order valence-electron chi connectivity index (χ4n) is 2.79. The van der Waals surface area contributed by atoms with E-state index in [0.29, 0.717) is 12.8 Å². The van der Waals surface area contributed by atoms with E-state index >= 15 is 0 Å². The Morgan fingerprint density at radius 3 is 1.74 bits per heavy atom. The molecule has 0 saturated carbocycles. The summed E-state index contributed by atoms with van der Waals surface area (Å²) in [6.45, 7) is 3.95. The number of unbranched alkanes of at least 4 members (excludes halogenated alkanes) is 7. The fraction of sp³-hybridized carbons (Fsp3) is 1.00. The van der Waals surface area contributed by atoms with Crippen LogP contribution in [0, 0.1) is 0 Å². The molecule has 2 atom stereocenters. The van der Waals surface area contributed by atoms with Crippen molar-refractivity contribution in [2.75, 3.05) is 0 Å². The summed E-state index contributed by atoms with van der Waals surface area (Å²) in [6, 6.07) is 0. The summed E-state index contributed by atoms with van der Waals surface area (Å²) in [7, 11) is -4.14. The normalized spacial score (nSPS) is 14.3. The molecule has 0 heterocycles. The smallest absolute Gasteiger partial charge is 0.748 e. The third kappa shape index (κ3) is 16.7. The van der Waals surface area contributed by atoms with Gasteiger partial charge in [-0.25, -0.2) is 8.42 Å². The molecule has 0 aliphatic rings. The maximum atomic E-state index is 11.0. The van der Waals surface area contributed by atoms with Crippen molar-refractivity contribution in [3.8, 4) is 0 Å². The van der Waals surface area contributed by atoms with Crippen molar-refractivity contribution in [3.63, 3.8) is 0 Å². The van der Waals surface area contributed by atoms with Crippen molar-refractivity contribution >= 4 is 10.1 Å². The first-order valence-corrected chi connectivity index (χ1v) is 10.5. The second-order valence-corrected chi connectivity index (χ2v) is 8.02. The predicted molar refractivity (Wildman–Crippen MR) is 90.9 cm³/mol. The molecule has 0 aromatic carbocycles. The molecular formula is C17H35KO4S. The molecule has 0 bridgehead atoms. The van der Waals surface area contributed by atoms with Crippen molar-refractivity contribution in [2.45, 2.75) is 109 Å². The van der Waals surface area contributed by atoms with Gasteiger partial charge in [-0.05, 0) is 25.7 Å². The first-order valence-electron chi connectivity index (χ1n) is 9.04. The zero-order valence-corrected chi connectivity index (χ0v) is 19.4. The zero-order valence-electron chi connectivity index (χ0n) is 15.4. The topological polar surface area (TPSA) is 77.4 Å².